The van der Waals surface area contributed by atoms with E-state index in [1.165, 1.54) is 0 Å². The second-order valence-electron chi connectivity index (χ2n) is 3.51. The Morgan fingerprint density at radius 2 is 2.41 bits per heavy atom. The van der Waals surface area contributed by atoms with Gasteiger partial charge >= 0.3 is 5.97 Å². The maximum absolute atomic E-state index is 10.4. The summed E-state index contributed by atoms with van der Waals surface area (Å²) in [5.41, 5.74) is 0.981. The summed E-state index contributed by atoms with van der Waals surface area (Å²) < 4.78 is 1.74. The highest BCUT2D eigenvalue weighted by molar-refractivity contribution is 7.13. The number of aryl methyl sites for hydroxylation is 1. The van der Waals surface area contributed by atoms with Crippen molar-refractivity contribution in [1.29, 1.82) is 0 Å². The molecule has 2 aromatic rings. The van der Waals surface area contributed by atoms with Crippen LogP contribution in [0.15, 0.2) is 30.0 Å². The van der Waals surface area contributed by atoms with E-state index < -0.39 is 5.97 Å². The maximum atomic E-state index is 10.4. The van der Waals surface area contributed by atoms with Crippen LogP contribution in [0.3, 0.4) is 0 Å². The van der Waals surface area contributed by atoms with Crippen molar-refractivity contribution in [1.82, 2.24) is 10.1 Å². The van der Waals surface area contributed by atoms with E-state index in [9.17, 15) is 4.79 Å². The van der Waals surface area contributed by atoms with Crippen molar-refractivity contribution in [3.63, 3.8) is 0 Å². The van der Waals surface area contributed by atoms with Crippen molar-refractivity contribution in [3.8, 4) is 10.6 Å². The van der Waals surface area contributed by atoms with Gasteiger partial charge in [0.1, 0.15) is 11.2 Å². The summed E-state index contributed by atoms with van der Waals surface area (Å²) in [6, 6.07) is 1.94. The van der Waals surface area contributed by atoms with E-state index in [0.29, 0.717) is 13.0 Å². The lowest BCUT2D eigenvalue weighted by atomic mass is 10.3. The minimum atomic E-state index is -0.773. The van der Waals surface area contributed by atoms with Crippen LogP contribution in [0.1, 0.15) is 12.8 Å². The predicted octanol–water partition coefficient (Wildman–Crippen LogP) is 1.36. The number of carboxylic acids is 1. The first-order valence-corrected chi connectivity index (χ1v) is 6.11. The summed E-state index contributed by atoms with van der Waals surface area (Å²) in [5.74, 6) is -0.773. The van der Waals surface area contributed by atoms with Gasteiger partial charge in [0.15, 0.2) is 12.7 Å². The fourth-order valence-corrected chi connectivity index (χ4v) is 2.03. The smallest absolute Gasteiger partial charge is 0.303 e. The van der Waals surface area contributed by atoms with Crippen molar-refractivity contribution < 1.29 is 14.6 Å². The number of hydrogen-bond donors (Lipinski definition) is 1. The minimum absolute atomic E-state index is 0.170. The normalized spacial score (nSPS) is 10.4. The van der Waals surface area contributed by atoms with Crippen LogP contribution in [0.2, 0.25) is 0 Å². The van der Waals surface area contributed by atoms with Crippen LogP contribution in [0.25, 0.3) is 10.6 Å². The highest BCUT2D eigenvalue weighted by Gasteiger charge is 2.07. The molecule has 0 radical (unpaired) electrons. The van der Waals surface area contributed by atoms with Gasteiger partial charge in [0, 0.05) is 29.6 Å². The van der Waals surface area contributed by atoms with Gasteiger partial charge in [-0.15, -0.1) is 11.3 Å². The number of thiazole rings is 1. The quantitative estimate of drug-likeness (QED) is 0.814. The molecule has 0 unspecified atom stereocenters. The zero-order valence-corrected chi connectivity index (χ0v) is 9.93. The predicted molar refractivity (Wildman–Crippen MR) is 62.4 cm³/mol. The molecule has 0 aliphatic heterocycles. The summed E-state index contributed by atoms with van der Waals surface area (Å²) in [6.07, 6.45) is 6.11. The summed E-state index contributed by atoms with van der Waals surface area (Å²) >= 11 is 1.57. The number of carboxylic acid groups (broad SMARTS) is 1. The first kappa shape index (κ1) is 11.7. The molecule has 0 atom stereocenters. The molecule has 0 bridgehead atoms. The van der Waals surface area contributed by atoms with Crippen LogP contribution in [0.5, 0.6) is 0 Å². The Bertz CT molecular complexity index is 482. The molecule has 0 fully saturated rings. The Hall–Kier alpha value is -1.82. The van der Waals surface area contributed by atoms with Crippen LogP contribution in [0, 0.1) is 0 Å². The fourth-order valence-electron chi connectivity index (χ4n) is 1.40. The molecule has 0 amide bonds. The van der Waals surface area contributed by atoms with Gasteiger partial charge < -0.3 is 5.11 Å². The third-order valence-corrected chi connectivity index (χ3v) is 3.05. The molecule has 1 N–H and O–H groups in total. The van der Waals surface area contributed by atoms with E-state index in [-0.39, 0.29) is 6.42 Å². The second kappa shape index (κ2) is 5.49. The van der Waals surface area contributed by atoms with Crippen molar-refractivity contribution in [2.75, 3.05) is 0 Å². The van der Waals surface area contributed by atoms with Gasteiger partial charge in [-0.05, 0) is 5.10 Å². The lowest BCUT2D eigenvalue weighted by Crippen LogP contribution is -2.37. The van der Waals surface area contributed by atoms with Crippen molar-refractivity contribution >= 4 is 17.3 Å². The third-order valence-electron chi connectivity index (χ3n) is 2.23. The monoisotopic (exact) mass is 250 g/mol. The van der Waals surface area contributed by atoms with Crippen molar-refractivity contribution in [2.45, 2.75) is 19.4 Å². The number of hydrogen-bond acceptors (Lipinski definition) is 4. The van der Waals surface area contributed by atoms with Crippen LogP contribution in [-0.4, -0.2) is 21.2 Å². The molecule has 0 aromatic carbocycles. The molecule has 0 aliphatic rings. The van der Waals surface area contributed by atoms with E-state index in [2.05, 4.69) is 10.1 Å². The molecule has 17 heavy (non-hydrogen) atoms. The fraction of sp³-hybridized carbons (Fsp3) is 0.273. The van der Waals surface area contributed by atoms with Gasteiger partial charge in [-0.2, -0.15) is 0 Å². The number of rotatable bonds is 5. The molecule has 88 valence electrons. The van der Waals surface area contributed by atoms with Crippen molar-refractivity contribution in [3.05, 3.63) is 30.0 Å². The molecular formula is C11H12N3O2S+. The second-order valence-corrected chi connectivity index (χ2v) is 4.41. The molecule has 2 aromatic heterocycles. The highest BCUT2D eigenvalue weighted by Crippen LogP contribution is 2.18. The maximum Gasteiger partial charge on any atom is 0.303 e. The van der Waals surface area contributed by atoms with Crippen LogP contribution >= 0.6 is 11.3 Å². The van der Waals surface area contributed by atoms with E-state index in [4.69, 9.17) is 5.11 Å². The first-order valence-electron chi connectivity index (χ1n) is 5.23. The third kappa shape index (κ3) is 3.32. The summed E-state index contributed by atoms with van der Waals surface area (Å²) in [6.45, 7) is 0.616. The summed E-state index contributed by atoms with van der Waals surface area (Å²) in [7, 11) is 0. The number of carbonyl (C=O) groups is 1. The van der Waals surface area contributed by atoms with E-state index in [1.54, 1.807) is 28.4 Å². The zero-order valence-electron chi connectivity index (χ0n) is 9.11. The minimum Gasteiger partial charge on any atom is -0.481 e. The Balaban J connectivity index is 1.96. The molecule has 6 heteroatoms. The first-order chi connectivity index (χ1) is 8.25. The van der Waals surface area contributed by atoms with Gasteiger partial charge in [0.05, 0.1) is 6.42 Å². The van der Waals surface area contributed by atoms with Gasteiger partial charge in [0.2, 0.25) is 0 Å². The average molecular weight is 250 g/mol. The molecular weight excluding hydrogens is 238 g/mol. The van der Waals surface area contributed by atoms with E-state index in [1.807, 2.05) is 17.6 Å². The summed E-state index contributed by atoms with van der Waals surface area (Å²) in [5, 5.41) is 15.6. The van der Waals surface area contributed by atoms with Crippen LogP contribution in [0.4, 0.5) is 0 Å². The average Bonchev–Trinajstić information content (AvgIpc) is 2.83. The van der Waals surface area contributed by atoms with E-state index in [0.717, 1.165) is 10.6 Å². The van der Waals surface area contributed by atoms with Gasteiger partial charge in [-0.1, -0.05) is 4.68 Å². The summed E-state index contributed by atoms with van der Waals surface area (Å²) in [4.78, 5) is 14.6. The number of aliphatic carboxylic acids is 1. The molecule has 0 saturated heterocycles. The van der Waals surface area contributed by atoms with Gasteiger partial charge in [-0.3, -0.25) is 4.79 Å². The highest BCUT2D eigenvalue weighted by atomic mass is 32.1. The molecule has 0 aliphatic carbocycles. The molecule has 5 nitrogen and oxygen atoms in total. The van der Waals surface area contributed by atoms with Gasteiger partial charge in [-0.25, -0.2) is 4.98 Å². The molecule has 2 rings (SSSR count). The van der Waals surface area contributed by atoms with E-state index >= 15 is 0 Å². The Kier molecular flexibility index (Phi) is 3.77. The SMILES string of the molecule is O=C(O)CCC[n+]1ccc(-c2nccs2)cn1. The number of aromatic nitrogens is 3. The molecule has 0 saturated carbocycles. The molecule has 0 spiro atoms. The molecule has 2 heterocycles. The topological polar surface area (TPSA) is 67.0 Å². The lowest BCUT2D eigenvalue weighted by Gasteiger charge is -1.95. The standard InChI is InChI=1S/C11H11N3O2S/c15-10(16)2-1-5-14-6-3-9(8-13-14)11-12-4-7-17-11/h3-4,6-8H,1-2,5H2/p+1. The zero-order chi connectivity index (χ0) is 12.1. The largest absolute Gasteiger partial charge is 0.481 e. The van der Waals surface area contributed by atoms with Gasteiger partial charge in [0.25, 0.3) is 0 Å². The van der Waals surface area contributed by atoms with Crippen LogP contribution < -0.4 is 4.68 Å². The Morgan fingerprint density at radius 1 is 1.53 bits per heavy atom. The van der Waals surface area contributed by atoms with Crippen LogP contribution in [-0.2, 0) is 11.3 Å². The Morgan fingerprint density at radius 3 is 3.00 bits per heavy atom. The Labute approximate surface area is 102 Å². The number of nitrogens with zero attached hydrogens (tertiary/aromatic N) is 3. The lowest BCUT2D eigenvalue weighted by molar-refractivity contribution is -0.754. The van der Waals surface area contributed by atoms with Crippen molar-refractivity contribution in [2.24, 2.45) is 0 Å².